The van der Waals surface area contributed by atoms with Crippen molar-refractivity contribution in [3.8, 4) is 0 Å². The fourth-order valence-electron chi connectivity index (χ4n) is 1.81. The topological polar surface area (TPSA) is 12.0 Å². The first kappa shape index (κ1) is 13.1. The minimum Gasteiger partial charge on any atom is -0.381 e. The Bertz CT molecular complexity index is 566. The van der Waals surface area contributed by atoms with E-state index in [0.29, 0.717) is 12.1 Å². The van der Waals surface area contributed by atoms with E-state index in [9.17, 15) is 4.39 Å². The molecular formula is C15H15BrFN. The van der Waals surface area contributed by atoms with E-state index in [1.165, 1.54) is 11.6 Å². The second-order valence-electron chi connectivity index (χ2n) is 4.35. The Morgan fingerprint density at radius 2 is 1.94 bits per heavy atom. The molecule has 18 heavy (non-hydrogen) atoms. The number of hydrogen-bond acceptors (Lipinski definition) is 1. The zero-order chi connectivity index (χ0) is 13.1. The van der Waals surface area contributed by atoms with Gasteiger partial charge in [0.1, 0.15) is 5.82 Å². The third kappa shape index (κ3) is 2.91. The van der Waals surface area contributed by atoms with E-state index >= 15 is 0 Å². The molecule has 0 fully saturated rings. The van der Waals surface area contributed by atoms with Gasteiger partial charge in [0.25, 0.3) is 0 Å². The molecular weight excluding hydrogens is 293 g/mol. The van der Waals surface area contributed by atoms with Crippen LogP contribution in [0.3, 0.4) is 0 Å². The molecule has 94 valence electrons. The minimum atomic E-state index is -0.155. The minimum absolute atomic E-state index is 0.155. The first-order valence-corrected chi connectivity index (χ1v) is 6.61. The van der Waals surface area contributed by atoms with E-state index in [0.717, 1.165) is 15.7 Å². The van der Waals surface area contributed by atoms with Crippen molar-refractivity contribution < 1.29 is 4.39 Å². The summed E-state index contributed by atoms with van der Waals surface area (Å²) in [5.41, 5.74) is 4.02. The number of nitrogens with one attached hydrogen (secondary N) is 1. The van der Waals surface area contributed by atoms with Crippen LogP contribution in [-0.4, -0.2) is 0 Å². The molecule has 0 saturated heterocycles. The van der Waals surface area contributed by atoms with E-state index < -0.39 is 0 Å². The number of halogens is 2. The van der Waals surface area contributed by atoms with Gasteiger partial charge in [-0.15, -0.1) is 0 Å². The first-order valence-electron chi connectivity index (χ1n) is 5.82. The average Bonchev–Trinajstić information content (AvgIpc) is 2.35. The Morgan fingerprint density at radius 3 is 2.67 bits per heavy atom. The highest BCUT2D eigenvalue weighted by molar-refractivity contribution is 9.10. The molecule has 2 rings (SSSR count). The van der Waals surface area contributed by atoms with E-state index in [1.807, 2.05) is 30.3 Å². The van der Waals surface area contributed by atoms with Gasteiger partial charge in [-0.2, -0.15) is 0 Å². The Balaban J connectivity index is 2.11. The van der Waals surface area contributed by atoms with Crippen molar-refractivity contribution in [2.24, 2.45) is 0 Å². The molecule has 2 aromatic rings. The van der Waals surface area contributed by atoms with Crippen molar-refractivity contribution in [2.45, 2.75) is 20.4 Å². The molecule has 1 N–H and O–H groups in total. The highest BCUT2D eigenvalue weighted by atomic mass is 79.9. The number of hydrogen-bond donors (Lipinski definition) is 1. The lowest BCUT2D eigenvalue weighted by atomic mass is 10.1. The fraction of sp³-hybridized carbons (Fsp3) is 0.200. The van der Waals surface area contributed by atoms with Crippen molar-refractivity contribution in [3.63, 3.8) is 0 Å². The van der Waals surface area contributed by atoms with Crippen LogP contribution in [0, 0.1) is 19.7 Å². The summed E-state index contributed by atoms with van der Waals surface area (Å²) < 4.78 is 14.2. The van der Waals surface area contributed by atoms with Gasteiger partial charge < -0.3 is 5.32 Å². The third-order valence-electron chi connectivity index (χ3n) is 2.97. The van der Waals surface area contributed by atoms with E-state index in [1.54, 1.807) is 6.92 Å². The number of aryl methyl sites for hydroxylation is 1. The van der Waals surface area contributed by atoms with Crippen molar-refractivity contribution >= 4 is 21.6 Å². The lowest BCUT2D eigenvalue weighted by Crippen LogP contribution is -2.02. The van der Waals surface area contributed by atoms with Crippen LogP contribution in [-0.2, 0) is 6.54 Å². The molecule has 0 spiro atoms. The summed E-state index contributed by atoms with van der Waals surface area (Å²) in [6.07, 6.45) is 0. The zero-order valence-electron chi connectivity index (χ0n) is 10.4. The lowest BCUT2D eigenvalue weighted by molar-refractivity contribution is 0.617. The van der Waals surface area contributed by atoms with Crippen LogP contribution in [0.4, 0.5) is 10.1 Å². The van der Waals surface area contributed by atoms with Gasteiger partial charge in [0.2, 0.25) is 0 Å². The number of rotatable bonds is 3. The maximum Gasteiger partial charge on any atom is 0.126 e. The van der Waals surface area contributed by atoms with Gasteiger partial charge in [-0.25, -0.2) is 4.39 Å². The summed E-state index contributed by atoms with van der Waals surface area (Å²) in [6.45, 7) is 4.53. The maximum absolute atomic E-state index is 13.2. The number of benzene rings is 2. The van der Waals surface area contributed by atoms with Crippen LogP contribution >= 0.6 is 15.9 Å². The van der Waals surface area contributed by atoms with Crippen molar-refractivity contribution in [2.75, 3.05) is 5.32 Å². The molecule has 0 bridgehead atoms. The van der Waals surface area contributed by atoms with Crippen LogP contribution in [0.1, 0.15) is 16.7 Å². The van der Waals surface area contributed by atoms with Crippen molar-refractivity contribution in [1.29, 1.82) is 0 Å². The molecule has 0 aliphatic heterocycles. The zero-order valence-corrected chi connectivity index (χ0v) is 12.0. The molecule has 0 heterocycles. The predicted octanol–water partition coefficient (Wildman–Crippen LogP) is 4.82. The molecule has 0 amide bonds. The van der Waals surface area contributed by atoms with Crippen molar-refractivity contribution in [3.05, 3.63) is 63.4 Å². The molecule has 0 aromatic heterocycles. The van der Waals surface area contributed by atoms with E-state index in [2.05, 4.69) is 28.2 Å². The highest BCUT2D eigenvalue weighted by Crippen LogP contribution is 2.24. The molecule has 1 nitrogen and oxygen atoms in total. The Kier molecular flexibility index (Phi) is 4.02. The van der Waals surface area contributed by atoms with Gasteiger partial charge in [-0.1, -0.05) is 34.1 Å². The monoisotopic (exact) mass is 307 g/mol. The van der Waals surface area contributed by atoms with Gasteiger partial charge in [0, 0.05) is 16.7 Å². The second-order valence-corrected chi connectivity index (χ2v) is 5.20. The molecule has 0 atom stereocenters. The van der Waals surface area contributed by atoms with Crippen molar-refractivity contribution in [1.82, 2.24) is 0 Å². The van der Waals surface area contributed by atoms with E-state index in [4.69, 9.17) is 0 Å². The lowest BCUT2D eigenvalue weighted by Gasteiger charge is -2.11. The molecule has 0 aliphatic carbocycles. The quantitative estimate of drug-likeness (QED) is 0.857. The number of anilines is 1. The van der Waals surface area contributed by atoms with Gasteiger partial charge in [-0.3, -0.25) is 0 Å². The van der Waals surface area contributed by atoms with Crippen LogP contribution in [0.5, 0.6) is 0 Å². The van der Waals surface area contributed by atoms with E-state index in [-0.39, 0.29) is 5.82 Å². The van der Waals surface area contributed by atoms with Crippen LogP contribution in [0.25, 0.3) is 0 Å². The summed E-state index contributed by atoms with van der Waals surface area (Å²) in [6, 6.07) is 11.2. The molecule has 0 radical (unpaired) electrons. The normalized spacial score (nSPS) is 10.4. The summed E-state index contributed by atoms with van der Waals surface area (Å²) in [4.78, 5) is 0. The summed E-state index contributed by atoms with van der Waals surface area (Å²) in [5.74, 6) is -0.155. The predicted molar refractivity (Wildman–Crippen MR) is 77.3 cm³/mol. The first-order chi connectivity index (χ1) is 8.58. The fourth-order valence-corrected chi connectivity index (χ4v) is 2.18. The van der Waals surface area contributed by atoms with Gasteiger partial charge >= 0.3 is 0 Å². The van der Waals surface area contributed by atoms with Gasteiger partial charge in [-0.05, 0) is 48.7 Å². The third-order valence-corrected chi connectivity index (χ3v) is 3.83. The second kappa shape index (κ2) is 5.53. The molecule has 3 heteroatoms. The summed E-state index contributed by atoms with van der Waals surface area (Å²) in [5, 5.41) is 3.36. The Morgan fingerprint density at radius 1 is 1.17 bits per heavy atom. The van der Waals surface area contributed by atoms with Gasteiger partial charge in [0.05, 0.1) is 0 Å². The Labute approximate surface area is 115 Å². The molecule has 2 aromatic carbocycles. The van der Waals surface area contributed by atoms with Crippen LogP contribution < -0.4 is 5.32 Å². The molecule has 0 saturated carbocycles. The SMILES string of the molecule is Cc1cc(CNc2cccc(Br)c2C)ccc1F. The summed E-state index contributed by atoms with van der Waals surface area (Å²) in [7, 11) is 0. The highest BCUT2D eigenvalue weighted by Gasteiger charge is 2.02. The Hall–Kier alpha value is -1.35. The average molecular weight is 308 g/mol. The maximum atomic E-state index is 13.2. The molecule has 0 aliphatic rings. The standard InChI is InChI=1S/C15H15BrFN/c1-10-8-12(6-7-14(10)17)9-18-15-5-3-4-13(16)11(15)2/h3-8,18H,9H2,1-2H3. The largest absolute Gasteiger partial charge is 0.381 e. The summed E-state index contributed by atoms with van der Waals surface area (Å²) >= 11 is 3.50. The van der Waals surface area contributed by atoms with Crippen LogP contribution in [0.2, 0.25) is 0 Å². The van der Waals surface area contributed by atoms with Gasteiger partial charge in [0.15, 0.2) is 0 Å². The molecule has 0 unspecified atom stereocenters. The van der Waals surface area contributed by atoms with Crippen LogP contribution in [0.15, 0.2) is 40.9 Å². The smallest absolute Gasteiger partial charge is 0.126 e.